The molecular weight excluding hydrogens is 537 g/mol. The van der Waals surface area contributed by atoms with Crippen molar-refractivity contribution in [2.45, 2.75) is 0 Å². The number of fused-ring (bicyclic) bond motifs is 2. The molecule has 7 rings (SSSR count). The fourth-order valence-electron chi connectivity index (χ4n) is 4.27. The maximum Gasteiger partial charge on any atom is 0.127 e. The fraction of sp³-hybridized carbons (Fsp3) is 0. The van der Waals surface area contributed by atoms with Gasteiger partial charge in [0, 0.05) is 22.5 Å². The first-order valence-electron chi connectivity index (χ1n) is 12.5. The summed E-state index contributed by atoms with van der Waals surface area (Å²) in [5.41, 5.74) is 17.0. The van der Waals surface area contributed by atoms with E-state index in [-0.39, 0.29) is 0 Å². The molecule has 2 aromatic heterocycles. The summed E-state index contributed by atoms with van der Waals surface area (Å²) in [5.74, 6) is 3.01. The van der Waals surface area contributed by atoms with Gasteiger partial charge >= 0.3 is 0 Å². The molecule has 8 heteroatoms. The minimum Gasteiger partial charge on any atom is -0.457 e. The Kier molecular flexibility index (Phi) is 6.03. The topological polar surface area (TPSA) is 96.3 Å². The van der Waals surface area contributed by atoms with Crippen molar-refractivity contribution in [1.82, 2.24) is 9.97 Å². The van der Waals surface area contributed by atoms with Crippen LogP contribution in [0.5, 0.6) is 23.0 Å². The number of nitrogens with zero attached hydrogens (tertiary/aromatic N) is 2. The highest BCUT2D eigenvalue weighted by molar-refractivity contribution is 7.23. The molecule has 0 fully saturated rings. The zero-order chi connectivity index (χ0) is 27.1. The summed E-state index contributed by atoms with van der Waals surface area (Å²) in [6.07, 6.45) is 0. The molecule has 0 amide bonds. The molecule has 40 heavy (non-hydrogen) atoms. The first-order chi connectivity index (χ1) is 19.6. The third-order valence-electron chi connectivity index (χ3n) is 6.33. The van der Waals surface area contributed by atoms with Crippen molar-refractivity contribution in [3.8, 4) is 44.1 Å². The third-order valence-corrected chi connectivity index (χ3v) is 8.47. The van der Waals surface area contributed by atoms with Crippen molar-refractivity contribution in [3.63, 3.8) is 0 Å². The Morgan fingerprint density at radius 3 is 1.12 bits per heavy atom. The van der Waals surface area contributed by atoms with Crippen molar-refractivity contribution in [2.24, 2.45) is 0 Å². The maximum absolute atomic E-state index is 5.92. The minimum atomic E-state index is 0.708. The summed E-state index contributed by atoms with van der Waals surface area (Å²) in [4.78, 5) is 9.83. The van der Waals surface area contributed by atoms with Crippen LogP contribution >= 0.6 is 22.7 Å². The van der Waals surface area contributed by atoms with Gasteiger partial charge < -0.3 is 20.9 Å². The monoisotopic (exact) mass is 558 g/mol. The molecule has 194 valence electrons. The first kappa shape index (κ1) is 24.1. The quantitative estimate of drug-likeness (QED) is 0.198. The van der Waals surface area contributed by atoms with Gasteiger partial charge in [0.05, 0.1) is 20.4 Å². The first-order valence-corrected chi connectivity index (χ1v) is 14.2. The molecule has 0 saturated carbocycles. The van der Waals surface area contributed by atoms with E-state index in [0.29, 0.717) is 11.4 Å². The SMILES string of the molecule is Nc1ccc(Oc2ccc(-c3nc4cc5sc(-c6ccc(Oc7ccc(N)cc7)cc6)nc5cc4s3)cc2)cc1. The van der Waals surface area contributed by atoms with Gasteiger partial charge in [0.1, 0.15) is 33.0 Å². The van der Waals surface area contributed by atoms with E-state index in [0.717, 1.165) is 64.6 Å². The van der Waals surface area contributed by atoms with Gasteiger partial charge in [-0.3, -0.25) is 0 Å². The predicted octanol–water partition coefficient (Wildman–Crippen LogP) is 8.99. The van der Waals surface area contributed by atoms with Gasteiger partial charge in [0.15, 0.2) is 0 Å². The molecule has 0 radical (unpaired) electrons. The summed E-state index contributed by atoms with van der Waals surface area (Å²) in [6.45, 7) is 0. The van der Waals surface area contributed by atoms with E-state index in [1.807, 2.05) is 97.1 Å². The molecule has 5 aromatic carbocycles. The fourth-order valence-corrected chi connectivity index (χ4v) is 6.24. The number of benzene rings is 5. The summed E-state index contributed by atoms with van der Waals surface area (Å²) in [6, 6.07) is 34.9. The maximum atomic E-state index is 5.92. The normalized spacial score (nSPS) is 11.2. The molecule has 0 aliphatic carbocycles. The van der Waals surface area contributed by atoms with E-state index in [4.69, 9.17) is 30.9 Å². The van der Waals surface area contributed by atoms with Gasteiger partial charge in [-0.15, -0.1) is 22.7 Å². The summed E-state index contributed by atoms with van der Waals surface area (Å²) >= 11 is 3.32. The number of ether oxygens (including phenoxy) is 2. The molecule has 7 aromatic rings. The van der Waals surface area contributed by atoms with Crippen molar-refractivity contribution < 1.29 is 9.47 Å². The van der Waals surface area contributed by atoms with E-state index in [1.54, 1.807) is 22.7 Å². The second kappa shape index (κ2) is 10.00. The largest absolute Gasteiger partial charge is 0.457 e. The van der Waals surface area contributed by atoms with Crippen LogP contribution in [-0.4, -0.2) is 9.97 Å². The Balaban J connectivity index is 1.09. The van der Waals surface area contributed by atoms with Gasteiger partial charge in [-0.25, -0.2) is 9.97 Å². The Bertz CT molecular complexity index is 1750. The zero-order valence-electron chi connectivity index (χ0n) is 21.1. The van der Waals surface area contributed by atoms with E-state index in [2.05, 4.69) is 12.1 Å². The van der Waals surface area contributed by atoms with Crippen LogP contribution in [0.3, 0.4) is 0 Å². The molecule has 4 N–H and O–H groups in total. The number of hydrogen-bond acceptors (Lipinski definition) is 8. The van der Waals surface area contributed by atoms with Crippen LogP contribution in [0.1, 0.15) is 0 Å². The lowest BCUT2D eigenvalue weighted by Gasteiger charge is -2.06. The minimum absolute atomic E-state index is 0.708. The smallest absolute Gasteiger partial charge is 0.127 e. The number of aromatic nitrogens is 2. The van der Waals surface area contributed by atoms with Gasteiger partial charge in [-0.2, -0.15) is 0 Å². The van der Waals surface area contributed by atoms with Crippen molar-refractivity contribution in [1.29, 1.82) is 0 Å². The third kappa shape index (κ3) is 4.93. The van der Waals surface area contributed by atoms with E-state index >= 15 is 0 Å². The van der Waals surface area contributed by atoms with Crippen LogP contribution in [0.2, 0.25) is 0 Å². The molecule has 0 bridgehead atoms. The van der Waals surface area contributed by atoms with Crippen molar-refractivity contribution >= 4 is 54.5 Å². The number of thiazole rings is 2. The average Bonchev–Trinajstić information content (AvgIpc) is 3.58. The van der Waals surface area contributed by atoms with E-state index < -0.39 is 0 Å². The predicted molar refractivity (Wildman–Crippen MR) is 166 cm³/mol. The van der Waals surface area contributed by atoms with Crippen LogP contribution in [0.25, 0.3) is 41.6 Å². The van der Waals surface area contributed by atoms with E-state index in [1.165, 1.54) is 0 Å². The van der Waals surface area contributed by atoms with Gasteiger partial charge in [0.2, 0.25) is 0 Å². The molecule has 0 saturated heterocycles. The molecule has 0 aliphatic heterocycles. The lowest BCUT2D eigenvalue weighted by atomic mass is 10.2. The van der Waals surface area contributed by atoms with Crippen molar-refractivity contribution in [2.75, 3.05) is 11.5 Å². The second-order valence-electron chi connectivity index (χ2n) is 9.22. The lowest BCUT2D eigenvalue weighted by molar-refractivity contribution is 0.482. The molecule has 0 spiro atoms. The van der Waals surface area contributed by atoms with Crippen LogP contribution in [0.4, 0.5) is 11.4 Å². The zero-order valence-corrected chi connectivity index (χ0v) is 22.7. The lowest BCUT2D eigenvalue weighted by Crippen LogP contribution is -1.86. The summed E-state index contributed by atoms with van der Waals surface area (Å²) < 4.78 is 14.0. The molecule has 0 unspecified atom stereocenters. The summed E-state index contributed by atoms with van der Waals surface area (Å²) in [5, 5.41) is 1.92. The van der Waals surface area contributed by atoms with Gasteiger partial charge in [-0.1, -0.05) is 0 Å². The highest BCUT2D eigenvalue weighted by Gasteiger charge is 2.12. The highest BCUT2D eigenvalue weighted by atomic mass is 32.1. The highest BCUT2D eigenvalue weighted by Crippen LogP contribution is 2.38. The number of nitrogens with two attached hydrogens (primary N) is 2. The Morgan fingerprint density at radius 2 is 0.775 bits per heavy atom. The second-order valence-corrected chi connectivity index (χ2v) is 11.3. The van der Waals surface area contributed by atoms with Crippen molar-refractivity contribution in [3.05, 3.63) is 109 Å². The Labute approximate surface area is 238 Å². The van der Waals surface area contributed by atoms with Crippen LogP contribution < -0.4 is 20.9 Å². The number of hydrogen-bond donors (Lipinski definition) is 2. The number of anilines is 2. The standard InChI is InChI=1S/C32H22N4O2S2/c33-21-5-13-25(14-6-21)37-23-9-1-19(2-10-23)31-35-27-17-30-28(18-29(27)39-31)36-32(40-30)20-3-11-24(12-4-20)38-26-15-7-22(34)8-16-26/h1-18H,33-34H2. The average molecular weight is 559 g/mol. The molecule has 2 heterocycles. The molecule has 0 aliphatic rings. The Morgan fingerprint density at radius 1 is 0.450 bits per heavy atom. The molecular formula is C32H22N4O2S2. The molecule has 0 atom stereocenters. The van der Waals surface area contributed by atoms with Crippen LogP contribution in [-0.2, 0) is 0 Å². The van der Waals surface area contributed by atoms with Gasteiger partial charge in [0.25, 0.3) is 0 Å². The number of rotatable bonds is 6. The van der Waals surface area contributed by atoms with E-state index in [9.17, 15) is 0 Å². The van der Waals surface area contributed by atoms with Crippen LogP contribution in [0.15, 0.2) is 109 Å². The van der Waals surface area contributed by atoms with Crippen LogP contribution in [0, 0.1) is 0 Å². The van der Waals surface area contributed by atoms with Gasteiger partial charge in [-0.05, 0) is 109 Å². The number of nitrogen functional groups attached to an aromatic ring is 2. The Hall–Kier alpha value is -4.92. The summed E-state index contributed by atoms with van der Waals surface area (Å²) in [7, 11) is 0. The molecule has 6 nitrogen and oxygen atoms in total.